The Kier molecular flexibility index (Phi) is 4.50. The lowest BCUT2D eigenvalue weighted by Crippen LogP contribution is -2.22. The molecule has 0 aliphatic rings. The van der Waals surface area contributed by atoms with Crippen molar-refractivity contribution in [2.45, 2.75) is 13.5 Å². The molecular formula is C13H14N4O4. The second-order valence-corrected chi connectivity index (χ2v) is 4.19. The first-order valence-corrected chi connectivity index (χ1v) is 6.31. The number of nitrogens with zero attached hydrogens (tertiary/aromatic N) is 2. The van der Waals surface area contributed by atoms with E-state index in [2.05, 4.69) is 20.3 Å². The third-order valence-electron chi connectivity index (χ3n) is 2.74. The Hall–Kier alpha value is -2.90. The van der Waals surface area contributed by atoms with Crippen LogP contribution < -0.4 is 10.6 Å². The maximum atomic E-state index is 11.8. The summed E-state index contributed by atoms with van der Waals surface area (Å²) in [5.74, 6) is -0.281. The fourth-order valence-corrected chi connectivity index (χ4v) is 1.76. The van der Waals surface area contributed by atoms with Crippen LogP contribution in [0.4, 0.5) is 11.4 Å². The number of carbonyl (C=O) groups is 1. The molecule has 0 saturated heterocycles. The smallest absolute Gasteiger partial charge is 0.292 e. The summed E-state index contributed by atoms with van der Waals surface area (Å²) in [4.78, 5) is 22.3. The van der Waals surface area contributed by atoms with Crippen molar-refractivity contribution in [2.24, 2.45) is 0 Å². The average molecular weight is 290 g/mol. The fraction of sp³-hybridized carbons (Fsp3) is 0.231. The van der Waals surface area contributed by atoms with Gasteiger partial charge in [0.1, 0.15) is 17.6 Å². The average Bonchev–Trinajstić information content (AvgIpc) is 2.98. The minimum absolute atomic E-state index is 0.105. The molecule has 0 spiro atoms. The zero-order valence-electron chi connectivity index (χ0n) is 11.3. The zero-order chi connectivity index (χ0) is 15.2. The van der Waals surface area contributed by atoms with Crippen LogP contribution in [0, 0.1) is 10.1 Å². The van der Waals surface area contributed by atoms with Gasteiger partial charge in [-0.05, 0) is 19.1 Å². The minimum Gasteiger partial charge on any atom is -0.374 e. The van der Waals surface area contributed by atoms with E-state index in [1.165, 1.54) is 24.5 Å². The number of hydrogen-bond acceptors (Lipinski definition) is 6. The van der Waals surface area contributed by atoms with E-state index in [0.717, 1.165) is 0 Å². The Morgan fingerprint density at radius 2 is 2.24 bits per heavy atom. The van der Waals surface area contributed by atoms with E-state index in [0.29, 0.717) is 17.8 Å². The summed E-state index contributed by atoms with van der Waals surface area (Å²) in [6.07, 6.45) is 1.41. The normalized spacial score (nSPS) is 10.1. The molecule has 0 aliphatic heterocycles. The predicted molar refractivity (Wildman–Crippen MR) is 74.9 cm³/mol. The fourth-order valence-electron chi connectivity index (χ4n) is 1.76. The molecular weight excluding hydrogens is 276 g/mol. The van der Waals surface area contributed by atoms with E-state index < -0.39 is 4.92 Å². The number of aromatic nitrogens is 1. The Morgan fingerprint density at radius 3 is 2.86 bits per heavy atom. The molecule has 8 heteroatoms. The zero-order valence-corrected chi connectivity index (χ0v) is 11.3. The first-order chi connectivity index (χ1) is 10.1. The molecule has 1 heterocycles. The predicted octanol–water partition coefficient (Wildman–Crippen LogP) is 1.94. The lowest BCUT2D eigenvalue weighted by atomic mass is 10.1. The Balaban J connectivity index is 2.24. The van der Waals surface area contributed by atoms with Gasteiger partial charge in [0.25, 0.3) is 11.6 Å². The SMILES string of the molecule is CCNC(=O)c1ccc([N+](=O)[O-])c(NCc2ccon2)c1. The summed E-state index contributed by atoms with van der Waals surface area (Å²) in [6, 6.07) is 5.82. The van der Waals surface area contributed by atoms with Gasteiger partial charge in [-0.3, -0.25) is 14.9 Å². The van der Waals surface area contributed by atoms with Crippen molar-refractivity contribution < 1.29 is 14.2 Å². The van der Waals surface area contributed by atoms with Crippen LogP contribution in [0.2, 0.25) is 0 Å². The molecule has 0 saturated carbocycles. The second-order valence-electron chi connectivity index (χ2n) is 4.19. The third kappa shape index (κ3) is 3.56. The molecule has 1 aromatic carbocycles. The summed E-state index contributed by atoms with van der Waals surface area (Å²) >= 11 is 0. The first kappa shape index (κ1) is 14.5. The Labute approximate surface area is 120 Å². The Bertz CT molecular complexity index is 640. The van der Waals surface area contributed by atoms with Crippen LogP contribution in [-0.4, -0.2) is 22.5 Å². The number of benzene rings is 1. The lowest BCUT2D eigenvalue weighted by molar-refractivity contribution is -0.384. The third-order valence-corrected chi connectivity index (χ3v) is 2.74. The van der Waals surface area contributed by atoms with Gasteiger partial charge in [0.05, 0.1) is 11.5 Å². The summed E-state index contributed by atoms with van der Waals surface area (Å²) in [7, 11) is 0. The molecule has 2 rings (SSSR count). The summed E-state index contributed by atoms with van der Waals surface area (Å²) in [5.41, 5.74) is 1.11. The highest BCUT2D eigenvalue weighted by Gasteiger charge is 2.16. The number of rotatable bonds is 6. The van der Waals surface area contributed by atoms with Crippen LogP contribution in [0.15, 0.2) is 35.1 Å². The van der Waals surface area contributed by atoms with Gasteiger partial charge in [0.15, 0.2) is 0 Å². The number of anilines is 1. The second kappa shape index (κ2) is 6.51. The van der Waals surface area contributed by atoms with Crippen molar-refractivity contribution in [3.8, 4) is 0 Å². The number of nitrogens with one attached hydrogen (secondary N) is 2. The van der Waals surface area contributed by atoms with Crippen molar-refractivity contribution in [1.82, 2.24) is 10.5 Å². The highest BCUT2D eigenvalue weighted by molar-refractivity contribution is 5.95. The molecule has 8 nitrogen and oxygen atoms in total. The summed E-state index contributed by atoms with van der Waals surface area (Å²) in [5, 5.41) is 20.3. The molecule has 1 aromatic heterocycles. The van der Waals surface area contributed by atoms with Gasteiger partial charge in [0.2, 0.25) is 0 Å². The molecule has 0 bridgehead atoms. The van der Waals surface area contributed by atoms with Crippen molar-refractivity contribution in [1.29, 1.82) is 0 Å². The van der Waals surface area contributed by atoms with Crippen LogP contribution in [0.1, 0.15) is 23.0 Å². The molecule has 0 radical (unpaired) electrons. The van der Waals surface area contributed by atoms with Crippen LogP contribution in [-0.2, 0) is 6.54 Å². The molecule has 0 fully saturated rings. The van der Waals surface area contributed by atoms with Crippen molar-refractivity contribution in [2.75, 3.05) is 11.9 Å². The molecule has 0 unspecified atom stereocenters. The van der Waals surface area contributed by atoms with E-state index in [1.54, 1.807) is 13.0 Å². The van der Waals surface area contributed by atoms with E-state index >= 15 is 0 Å². The molecule has 0 atom stereocenters. The van der Waals surface area contributed by atoms with Crippen LogP contribution in [0.25, 0.3) is 0 Å². The van der Waals surface area contributed by atoms with Gasteiger partial charge >= 0.3 is 0 Å². The number of nitro benzene ring substituents is 1. The first-order valence-electron chi connectivity index (χ1n) is 6.31. The topological polar surface area (TPSA) is 110 Å². The largest absolute Gasteiger partial charge is 0.374 e. The van der Waals surface area contributed by atoms with Crippen LogP contribution in [0.5, 0.6) is 0 Å². The quantitative estimate of drug-likeness (QED) is 0.621. The van der Waals surface area contributed by atoms with Crippen molar-refractivity contribution in [3.63, 3.8) is 0 Å². The van der Waals surface area contributed by atoms with Crippen LogP contribution >= 0.6 is 0 Å². The monoisotopic (exact) mass is 290 g/mol. The van der Waals surface area contributed by atoms with Gasteiger partial charge in [-0.2, -0.15) is 0 Å². The van der Waals surface area contributed by atoms with Gasteiger partial charge < -0.3 is 15.2 Å². The highest BCUT2D eigenvalue weighted by atomic mass is 16.6. The van der Waals surface area contributed by atoms with Gasteiger partial charge in [-0.15, -0.1) is 0 Å². The molecule has 2 N–H and O–H groups in total. The standard InChI is InChI=1S/C13H14N4O4/c1-2-14-13(18)9-3-4-12(17(19)20)11(7-9)15-8-10-5-6-21-16-10/h3-7,15H,2,8H2,1H3,(H,14,18). The molecule has 110 valence electrons. The molecule has 21 heavy (non-hydrogen) atoms. The van der Waals surface area contributed by atoms with E-state index in [9.17, 15) is 14.9 Å². The number of hydrogen-bond donors (Lipinski definition) is 2. The number of carbonyl (C=O) groups excluding carboxylic acids is 1. The van der Waals surface area contributed by atoms with Gasteiger partial charge in [-0.25, -0.2) is 0 Å². The maximum Gasteiger partial charge on any atom is 0.292 e. The van der Waals surface area contributed by atoms with Gasteiger partial charge in [0, 0.05) is 24.2 Å². The summed E-state index contributed by atoms with van der Waals surface area (Å²) in [6.45, 7) is 2.54. The van der Waals surface area contributed by atoms with E-state index in [-0.39, 0.29) is 23.8 Å². The van der Waals surface area contributed by atoms with Crippen molar-refractivity contribution in [3.05, 3.63) is 51.9 Å². The molecule has 2 aromatic rings. The summed E-state index contributed by atoms with van der Waals surface area (Å²) < 4.78 is 4.69. The van der Waals surface area contributed by atoms with Crippen LogP contribution in [0.3, 0.4) is 0 Å². The van der Waals surface area contributed by atoms with Gasteiger partial charge in [-0.1, -0.05) is 5.16 Å². The molecule has 1 amide bonds. The number of amides is 1. The van der Waals surface area contributed by atoms with E-state index in [1.807, 2.05) is 0 Å². The van der Waals surface area contributed by atoms with Crippen molar-refractivity contribution >= 4 is 17.3 Å². The lowest BCUT2D eigenvalue weighted by Gasteiger charge is -2.08. The maximum absolute atomic E-state index is 11.8. The number of nitro groups is 1. The molecule has 0 aliphatic carbocycles. The Morgan fingerprint density at radius 1 is 1.43 bits per heavy atom. The highest BCUT2D eigenvalue weighted by Crippen LogP contribution is 2.26. The van der Waals surface area contributed by atoms with E-state index in [4.69, 9.17) is 0 Å². The minimum atomic E-state index is -0.507.